The van der Waals surface area contributed by atoms with E-state index in [0.717, 1.165) is 19.4 Å². The minimum Gasteiger partial charge on any atom is -0.390 e. The molecule has 16 heavy (non-hydrogen) atoms. The monoisotopic (exact) mass is 224 g/mol. The maximum Gasteiger partial charge on any atom is 0.108 e. The van der Waals surface area contributed by atoms with Crippen molar-refractivity contribution < 1.29 is 5.11 Å². The number of aliphatic hydroxyl groups excluding tert-OH is 1. The molecule has 0 saturated heterocycles. The third-order valence-corrected chi connectivity index (χ3v) is 3.99. The normalized spacial score (nSPS) is 28.5. The number of hydrogen-bond donors (Lipinski definition) is 2. The molecule has 5 nitrogen and oxygen atoms in total. The van der Waals surface area contributed by atoms with Gasteiger partial charge in [0.15, 0.2) is 0 Å². The van der Waals surface area contributed by atoms with E-state index in [1.54, 1.807) is 6.20 Å². The van der Waals surface area contributed by atoms with E-state index in [-0.39, 0.29) is 18.1 Å². The van der Waals surface area contributed by atoms with Gasteiger partial charge in [0.2, 0.25) is 0 Å². The first-order valence-corrected chi connectivity index (χ1v) is 5.79. The summed E-state index contributed by atoms with van der Waals surface area (Å²) in [5.74, 6) is 0.538. The van der Waals surface area contributed by atoms with E-state index >= 15 is 0 Å². The van der Waals surface area contributed by atoms with Crippen molar-refractivity contribution in [3.05, 3.63) is 11.9 Å². The Morgan fingerprint density at radius 2 is 2.31 bits per heavy atom. The number of aliphatic hydroxyl groups is 1. The van der Waals surface area contributed by atoms with Crippen LogP contribution in [-0.2, 0) is 13.2 Å². The molecule has 0 aromatic carbocycles. The van der Waals surface area contributed by atoms with Crippen molar-refractivity contribution in [1.29, 1.82) is 0 Å². The molecule has 2 atom stereocenters. The summed E-state index contributed by atoms with van der Waals surface area (Å²) in [6.45, 7) is 5.24. The average molecular weight is 224 g/mol. The summed E-state index contributed by atoms with van der Waals surface area (Å²) in [6.07, 6.45) is 4.03. The van der Waals surface area contributed by atoms with E-state index in [4.69, 9.17) is 10.8 Å². The van der Waals surface area contributed by atoms with Crippen LogP contribution in [0.15, 0.2) is 6.20 Å². The maximum atomic E-state index is 8.92. The van der Waals surface area contributed by atoms with E-state index in [0.29, 0.717) is 11.6 Å². The fourth-order valence-electron chi connectivity index (χ4n) is 2.48. The molecule has 2 rings (SSSR count). The summed E-state index contributed by atoms with van der Waals surface area (Å²) >= 11 is 0. The largest absolute Gasteiger partial charge is 0.390 e. The minimum atomic E-state index is -0.0480. The predicted molar refractivity (Wildman–Crippen MR) is 60.4 cm³/mol. The van der Waals surface area contributed by atoms with Gasteiger partial charge in [0, 0.05) is 12.6 Å². The van der Waals surface area contributed by atoms with Crippen molar-refractivity contribution in [2.75, 3.05) is 0 Å². The highest BCUT2D eigenvalue weighted by molar-refractivity contribution is 4.96. The first kappa shape index (κ1) is 11.5. The van der Waals surface area contributed by atoms with Crippen LogP contribution < -0.4 is 5.73 Å². The van der Waals surface area contributed by atoms with Crippen molar-refractivity contribution in [2.45, 2.75) is 45.9 Å². The van der Waals surface area contributed by atoms with Gasteiger partial charge in [0.25, 0.3) is 0 Å². The maximum absolute atomic E-state index is 8.92. The molecule has 1 saturated carbocycles. The van der Waals surface area contributed by atoms with Gasteiger partial charge in [-0.2, -0.15) is 0 Å². The van der Waals surface area contributed by atoms with Crippen LogP contribution in [-0.4, -0.2) is 26.1 Å². The number of aromatic nitrogens is 3. The highest BCUT2D eigenvalue weighted by Gasteiger charge is 2.41. The topological polar surface area (TPSA) is 77.0 Å². The van der Waals surface area contributed by atoms with Crippen LogP contribution in [0.25, 0.3) is 0 Å². The van der Waals surface area contributed by atoms with Gasteiger partial charge in [-0.25, -0.2) is 0 Å². The van der Waals surface area contributed by atoms with Gasteiger partial charge in [-0.3, -0.25) is 4.68 Å². The molecule has 0 spiro atoms. The fourth-order valence-corrected chi connectivity index (χ4v) is 2.48. The molecular formula is C11H20N4O. The summed E-state index contributed by atoms with van der Waals surface area (Å²) in [5.41, 5.74) is 6.89. The molecule has 1 aliphatic carbocycles. The summed E-state index contributed by atoms with van der Waals surface area (Å²) in [5, 5.41) is 16.8. The quantitative estimate of drug-likeness (QED) is 0.785. The number of nitrogens with two attached hydrogens (primary N) is 1. The zero-order valence-corrected chi connectivity index (χ0v) is 9.93. The van der Waals surface area contributed by atoms with E-state index in [1.807, 2.05) is 4.68 Å². The summed E-state index contributed by atoms with van der Waals surface area (Å²) in [4.78, 5) is 0. The Morgan fingerprint density at radius 1 is 1.56 bits per heavy atom. The van der Waals surface area contributed by atoms with Gasteiger partial charge in [-0.15, -0.1) is 5.10 Å². The Morgan fingerprint density at radius 3 is 2.81 bits per heavy atom. The van der Waals surface area contributed by atoms with Crippen LogP contribution in [0.5, 0.6) is 0 Å². The lowest BCUT2D eigenvalue weighted by atomic mass is 9.79. The molecular weight excluding hydrogens is 204 g/mol. The second kappa shape index (κ2) is 4.14. The summed E-state index contributed by atoms with van der Waals surface area (Å²) < 4.78 is 1.82. The molecule has 3 N–H and O–H groups in total. The molecule has 1 aromatic rings. The Bertz CT molecular complexity index is 361. The second-order valence-electron chi connectivity index (χ2n) is 5.29. The summed E-state index contributed by atoms with van der Waals surface area (Å²) in [6, 6.07) is 0.276. The van der Waals surface area contributed by atoms with Gasteiger partial charge in [-0.1, -0.05) is 19.1 Å². The van der Waals surface area contributed by atoms with Crippen LogP contribution in [0.1, 0.15) is 32.4 Å². The van der Waals surface area contributed by atoms with Gasteiger partial charge in [0.1, 0.15) is 5.69 Å². The Kier molecular flexibility index (Phi) is 2.99. The van der Waals surface area contributed by atoms with Gasteiger partial charge in [0.05, 0.1) is 12.8 Å². The standard InChI is InChI=1S/C11H20N4O/c1-11(2)8(3-4-10(11)12)5-15-6-9(7-16)13-14-15/h6,8,10,16H,3-5,7,12H2,1-2H3. The van der Waals surface area contributed by atoms with Crippen LogP contribution in [0.4, 0.5) is 0 Å². The van der Waals surface area contributed by atoms with Gasteiger partial charge >= 0.3 is 0 Å². The van der Waals surface area contributed by atoms with Crippen LogP contribution in [0.3, 0.4) is 0 Å². The molecule has 1 aliphatic rings. The van der Waals surface area contributed by atoms with Crippen LogP contribution in [0, 0.1) is 11.3 Å². The van der Waals surface area contributed by atoms with E-state index in [1.165, 1.54) is 0 Å². The average Bonchev–Trinajstić information content (AvgIpc) is 2.79. The zero-order chi connectivity index (χ0) is 11.8. The Labute approximate surface area is 95.6 Å². The molecule has 1 aromatic heterocycles. The predicted octanol–water partition coefficient (Wildman–Crippen LogP) is 0.534. The number of rotatable bonds is 3. The number of nitrogens with zero attached hydrogens (tertiary/aromatic N) is 3. The lowest BCUT2D eigenvalue weighted by molar-refractivity contribution is 0.203. The van der Waals surface area contributed by atoms with Crippen molar-refractivity contribution in [3.63, 3.8) is 0 Å². The number of hydrogen-bond acceptors (Lipinski definition) is 4. The molecule has 0 bridgehead atoms. The Hall–Kier alpha value is -0.940. The molecule has 2 unspecified atom stereocenters. The smallest absolute Gasteiger partial charge is 0.108 e. The highest BCUT2D eigenvalue weighted by Crippen LogP contribution is 2.42. The van der Waals surface area contributed by atoms with Crippen LogP contribution in [0.2, 0.25) is 0 Å². The van der Waals surface area contributed by atoms with Crippen LogP contribution >= 0.6 is 0 Å². The molecule has 1 heterocycles. The van der Waals surface area contributed by atoms with E-state index in [2.05, 4.69) is 24.2 Å². The Balaban J connectivity index is 2.05. The van der Waals surface area contributed by atoms with E-state index in [9.17, 15) is 0 Å². The molecule has 1 fully saturated rings. The first-order chi connectivity index (χ1) is 7.54. The van der Waals surface area contributed by atoms with Crippen molar-refractivity contribution in [1.82, 2.24) is 15.0 Å². The molecule has 0 amide bonds. The third kappa shape index (κ3) is 1.97. The fraction of sp³-hybridized carbons (Fsp3) is 0.818. The van der Waals surface area contributed by atoms with Crippen molar-refractivity contribution in [2.24, 2.45) is 17.1 Å². The van der Waals surface area contributed by atoms with E-state index < -0.39 is 0 Å². The van der Waals surface area contributed by atoms with Gasteiger partial charge < -0.3 is 10.8 Å². The molecule has 0 aliphatic heterocycles. The SMILES string of the molecule is CC1(C)C(N)CCC1Cn1cc(CO)nn1. The van der Waals surface area contributed by atoms with Crippen molar-refractivity contribution >= 4 is 0 Å². The second-order valence-corrected chi connectivity index (χ2v) is 5.29. The summed E-state index contributed by atoms with van der Waals surface area (Å²) in [7, 11) is 0. The lowest BCUT2D eigenvalue weighted by Gasteiger charge is -2.30. The zero-order valence-electron chi connectivity index (χ0n) is 9.93. The molecule has 90 valence electrons. The molecule has 5 heteroatoms. The van der Waals surface area contributed by atoms with Crippen molar-refractivity contribution in [3.8, 4) is 0 Å². The van der Waals surface area contributed by atoms with Gasteiger partial charge in [-0.05, 0) is 24.2 Å². The minimum absolute atomic E-state index is 0.0480. The third-order valence-electron chi connectivity index (χ3n) is 3.99. The lowest BCUT2D eigenvalue weighted by Crippen LogP contribution is -2.37. The highest BCUT2D eigenvalue weighted by atomic mass is 16.3. The first-order valence-electron chi connectivity index (χ1n) is 5.79. The molecule has 0 radical (unpaired) electrons.